The van der Waals surface area contributed by atoms with E-state index >= 15 is 0 Å². The van der Waals surface area contributed by atoms with Crippen molar-refractivity contribution in [2.24, 2.45) is 0 Å². The summed E-state index contributed by atoms with van der Waals surface area (Å²) < 4.78 is 18.2. The maximum absolute atomic E-state index is 12.9. The number of carbonyl (C=O) groups is 1. The fourth-order valence-electron chi connectivity index (χ4n) is 1.42. The highest BCUT2D eigenvalue weighted by molar-refractivity contribution is 5.84. The summed E-state index contributed by atoms with van der Waals surface area (Å²) in [5.74, 6) is -1.15. The molecule has 0 amide bonds. The Morgan fingerprint density at radius 1 is 1.44 bits per heavy atom. The lowest BCUT2D eigenvalue weighted by Gasteiger charge is -1.99. The number of aliphatic carboxylic acids is 1. The summed E-state index contributed by atoms with van der Waals surface area (Å²) in [4.78, 5) is 10.3. The van der Waals surface area contributed by atoms with Gasteiger partial charge >= 0.3 is 5.97 Å². The van der Waals surface area contributed by atoms with Crippen molar-refractivity contribution in [2.75, 3.05) is 0 Å². The highest BCUT2D eigenvalue weighted by atomic mass is 19.1. The van der Waals surface area contributed by atoms with Gasteiger partial charge in [0.2, 0.25) is 11.8 Å². The first kappa shape index (κ1) is 12.0. The first-order valence-electron chi connectivity index (χ1n) is 5.07. The van der Waals surface area contributed by atoms with Gasteiger partial charge in [0.15, 0.2) is 0 Å². The van der Waals surface area contributed by atoms with Gasteiger partial charge in [-0.05, 0) is 30.7 Å². The van der Waals surface area contributed by atoms with E-state index < -0.39 is 5.97 Å². The number of hydrogen-bond donors (Lipinski definition) is 1. The van der Waals surface area contributed by atoms with Crippen molar-refractivity contribution >= 4 is 12.0 Å². The molecule has 6 heteroatoms. The van der Waals surface area contributed by atoms with Gasteiger partial charge in [0.25, 0.3) is 0 Å². The lowest BCUT2D eigenvalue weighted by molar-refractivity contribution is -0.131. The zero-order chi connectivity index (χ0) is 13.1. The van der Waals surface area contributed by atoms with Crippen LogP contribution in [0, 0.1) is 12.7 Å². The summed E-state index contributed by atoms with van der Waals surface area (Å²) in [7, 11) is 0. The number of aromatic nitrogens is 2. The van der Waals surface area contributed by atoms with E-state index in [2.05, 4.69) is 10.2 Å². The van der Waals surface area contributed by atoms with Gasteiger partial charge in [-0.1, -0.05) is 0 Å². The summed E-state index contributed by atoms with van der Waals surface area (Å²) >= 11 is 0. The van der Waals surface area contributed by atoms with E-state index in [0.717, 1.165) is 6.08 Å². The summed E-state index contributed by atoms with van der Waals surface area (Å²) in [5.41, 5.74) is 1.27. The highest BCUT2D eigenvalue weighted by Crippen LogP contribution is 2.22. The van der Waals surface area contributed by atoms with Gasteiger partial charge in [-0.25, -0.2) is 9.18 Å². The first-order valence-corrected chi connectivity index (χ1v) is 5.07. The van der Waals surface area contributed by atoms with Crippen LogP contribution in [0.2, 0.25) is 0 Å². The van der Waals surface area contributed by atoms with E-state index in [1.165, 1.54) is 24.3 Å². The second-order valence-electron chi connectivity index (χ2n) is 3.58. The molecule has 2 rings (SSSR count). The molecule has 18 heavy (non-hydrogen) atoms. The normalized spacial score (nSPS) is 11.0. The van der Waals surface area contributed by atoms with Crippen molar-refractivity contribution in [2.45, 2.75) is 6.92 Å². The Morgan fingerprint density at radius 3 is 2.89 bits per heavy atom. The number of aryl methyl sites for hydroxylation is 1. The number of carboxylic acids is 1. The molecule has 5 nitrogen and oxygen atoms in total. The van der Waals surface area contributed by atoms with E-state index in [4.69, 9.17) is 9.52 Å². The van der Waals surface area contributed by atoms with E-state index in [-0.39, 0.29) is 17.6 Å². The average Bonchev–Trinajstić information content (AvgIpc) is 2.75. The minimum atomic E-state index is -1.10. The molecular formula is C12H9FN2O3. The molecule has 0 radical (unpaired) electrons. The van der Waals surface area contributed by atoms with Crippen molar-refractivity contribution in [3.63, 3.8) is 0 Å². The first-order chi connectivity index (χ1) is 8.56. The molecule has 2 aromatic rings. The molecule has 0 saturated carbocycles. The Labute approximate surface area is 102 Å². The molecule has 0 atom stereocenters. The van der Waals surface area contributed by atoms with Gasteiger partial charge < -0.3 is 9.52 Å². The Morgan fingerprint density at radius 2 is 2.22 bits per heavy atom. The van der Waals surface area contributed by atoms with Crippen LogP contribution in [-0.4, -0.2) is 21.3 Å². The molecule has 1 N–H and O–H groups in total. The van der Waals surface area contributed by atoms with Crippen molar-refractivity contribution < 1.29 is 18.7 Å². The smallest absolute Gasteiger partial charge is 0.328 e. The third-order valence-electron chi connectivity index (χ3n) is 2.23. The molecule has 0 fully saturated rings. The fraction of sp³-hybridized carbons (Fsp3) is 0.0833. The molecule has 0 aliphatic heterocycles. The quantitative estimate of drug-likeness (QED) is 0.843. The zero-order valence-corrected chi connectivity index (χ0v) is 9.42. The van der Waals surface area contributed by atoms with E-state index in [9.17, 15) is 9.18 Å². The average molecular weight is 248 g/mol. The van der Waals surface area contributed by atoms with Gasteiger partial charge in [-0.15, -0.1) is 10.2 Å². The number of rotatable bonds is 3. The maximum Gasteiger partial charge on any atom is 0.328 e. The van der Waals surface area contributed by atoms with Gasteiger partial charge in [-0.3, -0.25) is 0 Å². The number of carboxylic acid groups (broad SMARTS) is 1. The third-order valence-corrected chi connectivity index (χ3v) is 2.23. The zero-order valence-electron chi connectivity index (χ0n) is 9.42. The molecule has 0 unspecified atom stereocenters. The summed E-state index contributed by atoms with van der Waals surface area (Å²) in [6.07, 6.45) is 2.09. The predicted molar refractivity (Wildman–Crippen MR) is 61.1 cm³/mol. The molecular weight excluding hydrogens is 239 g/mol. The van der Waals surface area contributed by atoms with Gasteiger partial charge in [0.1, 0.15) is 5.82 Å². The van der Waals surface area contributed by atoms with Crippen LogP contribution in [0.15, 0.2) is 28.7 Å². The highest BCUT2D eigenvalue weighted by Gasteiger charge is 2.10. The topological polar surface area (TPSA) is 76.2 Å². The fourth-order valence-corrected chi connectivity index (χ4v) is 1.42. The van der Waals surface area contributed by atoms with E-state index in [0.29, 0.717) is 11.1 Å². The van der Waals surface area contributed by atoms with Crippen LogP contribution >= 0.6 is 0 Å². The molecule has 0 aliphatic rings. The molecule has 92 valence electrons. The predicted octanol–water partition coefficient (Wildman–Crippen LogP) is 2.28. The van der Waals surface area contributed by atoms with Crippen molar-refractivity contribution in [1.29, 1.82) is 0 Å². The molecule has 0 saturated heterocycles. The van der Waals surface area contributed by atoms with Crippen LogP contribution in [0.1, 0.15) is 11.5 Å². The molecule has 1 aromatic carbocycles. The van der Waals surface area contributed by atoms with E-state index in [1.807, 2.05) is 0 Å². The Hall–Kier alpha value is -2.50. The summed E-state index contributed by atoms with van der Waals surface area (Å²) in [6.45, 7) is 1.72. The van der Waals surface area contributed by atoms with E-state index in [1.54, 1.807) is 6.92 Å². The van der Waals surface area contributed by atoms with Gasteiger partial charge in [-0.2, -0.15) is 0 Å². The van der Waals surface area contributed by atoms with Gasteiger partial charge in [0, 0.05) is 17.7 Å². The van der Waals surface area contributed by atoms with Crippen LogP contribution in [0.5, 0.6) is 0 Å². The van der Waals surface area contributed by atoms with Crippen LogP contribution in [0.3, 0.4) is 0 Å². The second-order valence-corrected chi connectivity index (χ2v) is 3.58. The SMILES string of the molecule is Cc1cc(F)ccc1-c1nnc(/C=C/C(=O)O)o1. The van der Waals surface area contributed by atoms with Crippen molar-refractivity contribution in [3.8, 4) is 11.5 Å². The number of hydrogen-bond acceptors (Lipinski definition) is 4. The lowest BCUT2D eigenvalue weighted by atomic mass is 10.1. The summed E-state index contributed by atoms with van der Waals surface area (Å²) in [5, 5.41) is 15.9. The van der Waals surface area contributed by atoms with Crippen molar-refractivity contribution in [1.82, 2.24) is 10.2 Å². The number of nitrogens with zero attached hydrogens (tertiary/aromatic N) is 2. The van der Waals surface area contributed by atoms with Gasteiger partial charge in [0.05, 0.1) is 0 Å². The van der Waals surface area contributed by atoms with Crippen LogP contribution < -0.4 is 0 Å². The monoisotopic (exact) mass is 248 g/mol. The van der Waals surface area contributed by atoms with Crippen LogP contribution in [0.4, 0.5) is 4.39 Å². The molecule has 1 aromatic heterocycles. The van der Waals surface area contributed by atoms with Crippen LogP contribution in [0.25, 0.3) is 17.5 Å². The minimum Gasteiger partial charge on any atom is -0.478 e. The number of benzene rings is 1. The largest absolute Gasteiger partial charge is 0.478 e. The molecule has 0 aliphatic carbocycles. The Balaban J connectivity index is 2.32. The van der Waals surface area contributed by atoms with Crippen molar-refractivity contribution in [3.05, 3.63) is 41.5 Å². The standard InChI is InChI=1S/C12H9FN2O3/c1-7-6-8(13)2-3-9(7)12-15-14-10(18-12)4-5-11(16)17/h2-6H,1H3,(H,16,17)/b5-4+. The lowest BCUT2D eigenvalue weighted by Crippen LogP contribution is -1.85. The maximum atomic E-state index is 12.9. The molecule has 0 bridgehead atoms. The Bertz CT molecular complexity index is 620. The van der Waals surface area contributed by atoms with Crippen LogP contribution in [-0.2, 0) is 4.79 Å². The number of halogens is 1. The summed E-state index contributed by atoms with van der Waals surface area (Å²) in [6, 6.07) is 4.18. The minimum absolute atomic E-state index is 0.0797. The third kappa shape index (κ3) is 2.60. The molecule has 0 spiro atoms. The molecule has 1 heterocycles. The second kappa shape index (κ2) is 4.79. The Kier molecular flexibility index (Phi) is 3.18.